The first-order valence-corrected chi connectivity index (χ1v) is 6.74. The minimum Gasteiger partial charge on any atom is -0.318 e. The van der Waals surface area contributed by atoms with Crippen LogP contribution < -0.4 is 10.6 Å². The maximum atomic E-state index is 3.65. The second-order valence-electron chi connectivity index (χ2n) is 6.01. The van der Waals surface area contributed by atoms with E-state index in [0.29, 0.717) is 0 Å². The van der Waals surface area contributed by atoms with Gasteiger partial charge in [-0.25, -0.2) is 0 Å². The summed E-state index contributed by atoms with van der Waals surface area (Å²) in [6, 6.07) is 2.28. The highest BCUT2D eigenvalue weighted by Gasteiger charge is 2.17. The summed E-state index contributed by atoms with van der Waals surface area (Å²) in [4.78, 5) is 0. The van der Waals surface area contributed by atoms with Gasteiger partial charge < -0.3 is 10.6 Å². The Kier molecular flexibility index (Phi) is 4.94. The fraction of sp³-hybridized carbons (Fsp3) is 0.625. The molecule has 2 N–H and O–H groups in total. The van der Waals surface area contributed by atoms with Gasteiger partial charge in [-0.05, 0) is 76.4 Å². The summed E-state index contributed by atoms with van der Waals surface area (Å²) in [5.41, 5.74) is 7.20. The first kappa shape index (κ1) is 15.2. The zero-order chi connectivity index (χ0) is 13.9. The van der Waals surface area contributed by atoms with Crippen molar-refractivity contribution in [2.24, 2.45) is 0 Å². The molecule has 0 aliphatic rings. The second kappa shape index (κ2) is 5.85. The van der Waals surface area contributed by atoms with Crippen molar-refractivity contribution < 1.29 is 0 Å². The Morgan fingerprint density at radius 2 is 1.50 bits per heavy atom. The molecule has 0 aliphatic carbocycles. The zero-order valence-corrected chi connectivity index (χ0v) is 13.0. The van der Waals surface area contributed by atoms with Crippen LogP contribution in [0.1, 0.15) is 41.7 Å². The largest absolute Gasteiger partial charge is 0.318 e. The predicted octanol–water partition coefficient (Wildman–Crippen LogP) is 3.01. The first-order chi connectivity index (χ1) is 8.28. The van der Waals surface area contributed by atoms with Gasteiger partial charge in [-0.15, -0.1) is 0 Å². The number of rotatable bonds is 5. The van der Waals surface area contributed by atoms with E-state index in [9.17, 15) is 0 Å². The summed E-state index contributed by atoms with van der Waals surface area (Å²) in [6.07, 6.45) is 0. The van der Waals surface area contributed by atoms with Crippen molar-refractivity contribution in [3.8, 4) is 0 Å². The molecule has 102 valence electrons. The molecule has 0 bridgehead atoms. The Bertz CT molecular complexity index is 393. The topological polar surface area (TPSA) is 24.1 Å². The molecule has 0 fully saturated rings. The van der Waals surface area contributed by atoms with E-state index in [4.69, 9.17) is 0 Å². The summed E-state index contributed by atoms with van der Waals surface area (Å²) in [7, 11) is 2.00. The van der Waals surface area contributed by atoms with Gasteiger partial charge in [-0.3, -0.25) is 0 Å². The number of aryl methyl sites for hydroxylation is 2. The molecule has 1 rings (SSSR count). The van der Waals surface area contributed by atoms with Crippen LogP contribution in [0.2, 0.25) is 0 Å². The van der Waals surface area contributed by atoms with E-state index in [-0.39, 0.29) is 5.54 Å². The molecule has 2 heteroatoms. The van der Waals surface area contributed by atoms with Gasteiger partial charge in [0.15, 0.2) is 0 Å². The lowest BCUT2D eigenvalue weighted by molar-refractivity contribution is 0.373. The highest BCUT2D eigenvalue weighted by molar-refractivity contribution is 5.43. The summed E-state index contributed by atoms with van der Waals surface area (Å²) in [6.45, 7) is 15.2. The van der Waals surface area contributed by atoms with E-state index >= 15 is 0 Å². The Labute approximate surface area is 112 Å². The van der Waals surface area contributed by atoms with E-state index in [1.807, 2.05) is 7.05 Å². The Hall–Kier alpha value is -0.860. The van der Waals surface area contributed by atoms with Crippen molar-refractivity contribution in [3.05, 3.63) is 33.9 Å². The lowest BCUT2D eigenvalue weighted by Crippen LogP contribution is -2.46. The quantitative estimate of drug-likeness (QED) is 0.837. The highest BCUT2D eigenvalue weighted by Crippen LogP contribution is 2.22. The number of likely N-dealkylation sites (N-methyl/N-ethyl adjacent to an activating group) is 1. The average Bonchev–Trinajstić information content (AvgIpc) is 2.26. The van der Waals surface area contributed by atoms with E-state index < -0.39 is 0 Å². The summed E-state index contributed by atoms with van der Waals surface area (Å²) in [5, 5.41) is 6.88. The third-order valence-electron chi connectivity index (χ3n) is 3.88. The normalized spacial score (nSPS) is 11.9. The maximum absolute atomic E-state index is 3.65. The third-order valence-corrected chi connectivity index (χ3v) is 3.88. The van der Waals surface area contributed by atoms with E-state index in [1.54, 1.807) is 0 Å². The van der Waals surface area contributed by atoms with E-state index in [1.165, 1.54) is 27.8 Å². The molecule has 0 saturated heterocycles. The minimum atomic E-state index is 0.116. The van der Waals surface area contributed by atoms with Crippen LogP contribution in [0.3, 0.4) is 0 Å². The van der Waals surface area contributed by atoms with Crippen molar-refractivity contribution >= 4 is 0 Å². The van der Waals surface area contributed by atoms with Crippen LogP contribution >= 0.6 is 0 Å². The van der Waals surface area contributed by atoms with Crippen molar-refractivity contribution in [1.29, 1.82) is 0 Å². The van der Waals surface area contributed by atoms with Gasteiger partial charge >= 0.3 is 0 Å². The lowest BCUT2D eigenvalue weighted by atomic mass is 9.93. The van der Waals surface area contributed by atoms with E-state index in [2.05, 4.69) is 58.2 Å². The number of hydrogen-bond acceptors (Lipinski definition) is 2. The molecule has 1 aromatic rings. The highest BCUT2D eigenvalue weighted by atomic mass is 15.0. The standard InChI is InChI=1S/C16H28N2/c1-11-8-12(2)14(4)15(13(11)3)9-18-16(5,6)10-17-7/h8,17-18H,9-10H2,1-7H3. The number of benzene rings is 1. The number of hydrogen-bond donors (Lipinski definition) is 2. The smallest absolute Gasteiger partial charge is 0.0252 e. The summed E-state index contributed by atoms with van der Waals surface area (Å²) in [5.74, 6) is 0. The third kappa shape index (κ3) is 3.56. The lowest BCUT2D eigenvalue weighted by Gasteiger charge is -2.27. The van der Waals surface area contributed by atoms with Crippen LogP contribution in [0.15, 0.2) is 6.07 Å². The Morgan fingerprint density at radius 1 is 1.00 bits per heavy atom. The van der Waals surface area contributed by atoms with Gasteiger partial charge in [0.25, 0.3) is 0 Å². The van der Waals surface area contributed by atoms with Crippen molar-refractivity contribution in [1.82, 2.24) is 10.6 Å². The summed E-state index contributed by atoms with van der Waals surface area (Å²) >= 11 is 0. The van der Waals surface area contributed by atoms with Crippen LogP contribution in [-0.2, 0) is 6.54 Å². The molecule has 2 nitrogen and oxygen atoms in total. The Morgan fingerprint density at radius 3 is 1.94 bits per heavy atom. The van der Waals surface area contributed by atoms with Crippen molar-refractivity contribution in [2.45, 2.75) is 53.6 Å². The predicted molar refractivity (Wildman–Crippen MR) is 80.2 cm³/mol. The molecular weight excluding hydrogens is 220 g/mol. The molecule has 0 aliphatic heterocycles. The van der Waals surface area contributed by atoms with E-state index in [0.717, 1.165) is 13.1 Å². The van der Waals surface area contributed by atoms with Crippen molar-refractivity contribution in [2.75, 3.05) is 13.6 Å². The fourth-order valence-electron chi connectivity index (χ4n) is 2.40. The van der Waals surface area contributed by atoms with Crippen LogP contribution in [0.4, 0.5) is 0 Å². The molecule has 1 aromatic carbocycles. The molecule has 0 saturated carbocycles. The van der Waals surface area contributed by atoms with Crippen LogP contribution in [0.25, 0.3) is 0 Å². The molecule has 0 amide bonds. The van der Waals surface area contributed by atoms with Crippen LogP contribution in [-0.4, -0.2) is 19.1 Å². The van der Waals surface area contributed by atoms with Crippen LogP contribution in [0, 0.1) is 27.7 Å². The SMILES string of the molecule is CNCC(C)(C)NCc1c(C)c(C)cc(C)c1C. The van der Waals surface area contributed by atoms with Gasteiger partial charge in [-0.1, -0.05) is 6.07 Å². The van der Waals surface area contributed by atoms with Crippen molar-refractivity contribution in [3.63, 3.8) is 0 Å². The minimum absolute atomic E-state index is 0.116. The van der Waals surface area contributed by atoms with Crippen LogP contribution in [0.5, 0.6) is 0 Å². The maximum Gasteiger partial charge on any atom is 0.0252 e. The molecule has 0 spiro atoms. The zero-order valence-electron chi connectivity index (χ0n) is 13.0. The van der Waals surface area contributed by atoms with Gasteiger partial charge in [-0.2, -0.15) is 0 Å². The fourth-order valence-corrected chi connectivity index (χ4v) is 2.40. The van der Waals surface area contributed by atoms with Gasteiger partial charge in [0.2, 0.25) is 0 Å². The number of nitrogens with one attached hydrogen (secondary N) is 2. The summed E-state index contributed by atoms with van der Waals surface area (Å²) < 4.78 is 0. The van der Waals surface area contributed by atoms with Gasteiger partial charge in [0.1, 0.15) is 0 Å². The first-order valence-electron chi connectivity index (χ1n) is 6.74. The second-order valence-corrected chi connectivity index (χ2v) is 6.01. The monoisotopic (exact) mass is 248 g/mol. The molecule has 0 atom stereocenters. The molecule has 0 aromatic heterocycles. The van der Waals surface area contributed by atoms with Gasteiger partial charge in [0, 0.05) is 18.6 Å². The molecule has 0 unspecified atom stereocenters. The molecular formula is C16H28N2. The Balaban J connectivity index is 2.91. The molecule has 0 radical (unpaired) electrons. The molecule has 18 heavy (non-hydrogen) atoms. The molecule has 0 heterocycles. The van der Waals surface area contributed by atoms with Gasteiger partial charge in [0.05, 0.1) is 0 Å². The average molecular weight is 248 g/mol.